The SMILES string of the molecule is CC[C@@H](NC(=O)OCC1c2ccccc2-c2ccccc21)C(=O)Nc1snc(C)c1C(=O)O. The Labute approximate surface area is 194 Å². The number of aryl methyl sites for hydroxylation is 1. The minimum absolute atomic E-state index is 0.0515. The molecule has 2 aromatic carbocycles. The molecule has 0 bridgehead atoms. The summed E-state index contributed by atoms with van der Waals surface area (Å²) in [6, 6.07) is 15.2. The predicted molar refractivity (Wildman–Crippen MR) is 125 cm³/mol. The molecule has 170 valence electrons. The van der Waals surface area contributed by atoms with Gasteiger partial charge < -0.3 is 20.5 Å². The number of nitrogens with one attached hydrogen (secondary N) is 2. The highest BCUT2D eigenvalue weighted by molar-refractivity contribution is 7.11. The fourth-order valence-corrected chi connectivity index (χ4v) is 4.83. The van der Waals surface area contributed by atoms with Crippen LogP contribution in [0.25, 0.3) is 11.1 Å². The second-order valence-corrected chi connectivity index (χ2v) is 8.47. The number of carboxylic acid groups (broad SMARTS) is 1. The van der Waals surface area contributed by atoms with Gasteiger partial charge in [-0.1, -0.05) is 55.5 Å². The third-order valence-corrected chi connectivity index (χ3v) is 6.53. The average Bonchev–Trinajstić information content (AvgIpc) is 3.33. The minimum atomic E-state index is -1.17. The van der Waals surface area contributed by atoms with Crippen LogP contribution < -0.4 is 10.6 Å². The van der Waals surface area contributed by atoms with Gasteiger partial charge in [0.15, 0.2) is 0 Å². The maximum absolute atomic E-state index is 12.7. The van der Waals surface area contributed by atoms with Crippen LogP contribution in [0.2, 0.25) is 0 Å². The molecule has 0 aliphatic heterocycles. The number of carbonyl (C=O) groups excluding carboxylic acids is 2. The smallest absolute Gasteiger partial charge is 0.407 e. The maximum atomic E-state index is 12.7. The number of fused-ring (bicyclic) bond motifs is 3. The molecule has 1 aliphatic rings. The quantitative estimate of drug-likeness (QED) is 0.476. The van der Waals surface area contributed by atoms with Gasteiger partial charge in [0.2, 0.25) is 5.91 Å². The van der Waals surface area contributed by atoms with Crippen LogP contribution in [0.3, 0.4) is 0 Å². The number of anilines is 1. The number of benzene rings is 2. The van der Waals surface area contributed by atoms with E-state index in [4.69, 9.17) is 4.74 Å². The van der Waals surface area contributed by atoms with Gasteiger partial charge in [0.1, 0.15) is 23.2 Å². The molecule has 2 amide bonds. The monoisotopic (exact) mass is 465 g/mol. The molecule has 33 heavy (non-hydrogen) atoms. The molecule has 9 heteroatoms. The number of carbonyl (C=O) groups is 3. The van der Waals surface area contributed by atoms with E-state index in [1.54, 1.807) is 13.8 Å². The molecule has 1 aromatic heterocycles. The van der Waals surface area contributed by atoms with Crippen LogP contribution in [-0.4, -0.2) is 40.1 Å². The first-order chi connectivity index (χ1) is 15.9. The van der Waals surface area contributed by atoms with Crippen molar-refractivity contribution in [2.24, 2.45) is 0 Å². The van der Waals surface area contributed by atoms with Crippen LogP contribution in [-0.2, 0) is 9.53 Å². The van der Waals surface area contributed by atoms with Gasteiger partial charge in [-0.2, -0.15) is 4.37 Å². The molecule has 1 atom stereocenters. The summed E-state index contributed by atoms with van der Waals surface area (Å²) in [6.45, 7) is 3.43. The number of aromatic carboxylic acids is 1. The van der Waals surface area contributed by atoms with Crippen LogP contribution in [0.5, 0.6) is 0 Å². The van der Waals surface area contributed by atoms with E-state index < -0.39 is 24.0 Å². The van der Waals surface area contributed by atoms with Crippen molar-refractivity contribution in [2.45, 2.75) is 32.2 Å². The summed E-state index contributed by atoms with van der Waals surface area (Å²) >= 11 is 0.887. The van der Waals surface area contributed by atoms with E-state index in [9.17, 15) is 19.5 Å². The zero-order valence-electron chi connectivity index (χ0n) is 18.1. The van der Waals surface area contributed by atoms with Gasteiger partial charge in [-0.25, -0.2) is 9.59 Å². The predicted octanol–water partition coefficient (Wildman–Crippen LogP) is 4.41. The zero-order valence-corrected chi connectivity index (χ0v) is 18.9. The van der Waals surface area contributed by atoms with Crippen molar-refractivity contribution in [1.82, 2.24) is 9.69 Å². The van der Waals surface area contributed by atoms with Crippen LogP contribution in [0.4, 0.5) is 9.80 Å². The van der Waals surface area contributed by atoms with Gasteiger partial charge in [-0.05, 0) is 47.1 Å². The normalized spacial score (nSPS) is 13.0. The van der Waals surface area contributed by atoms with Gasteiger partial charge in [-0.15, -0.1) is 0 Å². The second-order valence-electron chi connectivity index (χ2n) is 7.70. The summed E-state index contributed by atoms with van der Waals surface area (Å²) in [5, 5.41) is 14.6. The average molecular weight is 466 g/mol. The fourth-order valence-electron chi connectivity index (χ4n) is 4.04. The van der Waals surface area contributed by atoms with Crippen molar-refractivity contribution < 1.29 is 24.2 Å². The number of amides is 2. The molecule has 0 unspecified atom stereocenters. The van der Waals surface area contributed by atoms with Crippen LogP contribution in [0.15, 0.2) is 48.5 Å². The van der Waals surface area contributed by atoms with Crippen molar-refractivity contribution in [2.75, 3.05) is 11.9 Å². The molecular weight excluding hydrogens is 442 g/mol. The molecule has 3 aromatic rings. The number of hydrogen-bond donors (Lipinski definition) is 3. The Kier molecular flexibility index (Phi) is 6.41. The van der Waals surface area contributed by atoms with E-state index in [0.29, 0.717) is 12.1 Å². The largest absolute Gasteiger partial charge is 0.478 e. The Hall–Kier alpha value is -3.72. The lowest BCUT2D eigenvalue weighted by molar-refractivity contribution is -0.118. The highest BCUT2D eigenvalue weighted by atomic mass is 32.1. The van der Waals surface area contributed by atoms with E-state index >= 15 is 0 Å². The Morgan fingerprint density at radius 2 is 1.70 bits per heavy atom. The van der Waals surface area contributed by atoms with E-state index in [2.05, 4.69) is 27.1 Å². The van der Waals surface area contributed by atoms with Crippen LogP contribution >= 0.6 is 11.5 Å². The summed E-state index contributed by atoms with van der Waals surface area (Å²) in [7, 11) is 0. The van der Waals surface area contributed by atoms with E-state index in [1.807, 2.05) is 36.4 Å². The Balaban J connectivity index is 1.40. The Morgan fingerprint density at radius 3 is 2.27 bits per heavy atom. The van der Waals surface area contributed by atoms with Gasteiger partial charge in [0, 0.05) is 5.92 Å². The lowest BCUT2D eigenvalue weighted by atomic mass is 9.98. The number of hydrogen-bond acceptors (Lipinski definition) is 6. The molecule has 0 fully saturated rings. The standard InChI is InChI=1S/C24H23N3O5S/c1-3-19(21(28)26-22-20(23(29)30)13(2)27-33-22)25-24(31)32-12-18-16-10-6-4-8-14(16)15-9-5-7-11-17(15)18/h4-11,18-19H,3,12H2,1-2H3,(H,25,31)(H,26,28)(H,29,30)/t19-/m1/s1. The maximum Gasteiger partial charge on any atom is 0.407 e. The molecule has 4 rings (SSSR count). The third kappa shape index (κ3) is 4.45. The van der Waals surface area contributed by atoms with Crippen molar-refractivity contribution in [3.05, 3.63) is 70.9 Å². The van der Waals surface area contributed by atoms with Gasteiger partial charge in [0.25, 0.3) is 0 Å². The molecule has 1 aliphatic carbocycles. The molecule has 0 spiro atoms. The number of aromatic nitrogens is 1. The van der Waals surface area contributed by atoms with Gasteiger partial charge in [0.05, 0.1) is 5.69 Å². The summed E-state index contributed by atoms with van der Waals surface area (Å²) in [6.07, 6.45) is -0.409. The lowest BCUT2D eigenvalue weighted by Crippen LogP contribution is -2.43. The summed E-state index contributed by atoms with van der Waals surface area (Å²) in [5.74, 6) is -1.79. The number of alkyl carbamates (subject to hydrolysis) is 1. The van der Waals surface area contributed by atoms with Crippen molar-refractivity contribution in [3.63, 3.8) is 0 Å². The topological polar surface area (TPSA) is 118 Å². The first-order valence-electron chi connectivity index (χ1n) is 10.5. The first-order valence-corrected chi connectivity index (χ1v) is 11.3. The number of ether oxygens (including phenoxy) is 1. The number of carboxylic acids is 1. The fraction of sp³-hybridized carbons (Fsp3) is 0.250. The molecular formula is C24H23N3O5S. The van der Waals surface area contributed by atoms with E-state index in [0.717, 1.165) is 33.8 Å². The highest BCUT2D eigenvalue weighted by Crippen LogP contribution is 2.44. The summed E-state index contributed by atoms with van der Waals surface area (Å²) < 4.78 is 9.49. The highest BCUT2D eigenvalue weighted by Gasteiger charge is 2.30. The van der Waals surface area contributed by atoms with Gasteiger partial charge >= 0.3 is 12.1 Å². The van der Waals surface area contributed by atoms with Crippen molar-refractivity contribution in [1.29, 1.82) is 0 Å². The molecule has 0 radical (unpaired) electrons. The molecule has 1 heterocycles. The number of rotatable bonds is 7. The molecule has 3 N–H and O–H groups in total. The van der Waals surface area contributed by atoms with Crippen molar-refractivity contribution >= 4 is 34.5 Å². The van der Waals surface area contributed by atoms with Crippen LogP contribution in [0.1, 0.15) is 46.4 Å². The third-order valence-electron chi connectivity index (χ3n) is 5.67. The second kappa shape index (κ2) is 9.41. The van der Waals surface area contributed by atoms with E-state index in [1.165, 1.54) is 0 Å². The van der Waals surface area contributed by atoms with Crippen molar-refractivity contribution in [3.8, 4) is 11.1 Å². The van der Waals surface area contributed by atoms with Gasteiger partial charge in [-0.3, -0.25) is 4.79 Å². The number of nitrogens with zero attached hydrogens (tertiary/aromatic N) is 1. The lowest BCUT2D eigenvalue weighted by Gasteiger charge is -2.18. The minimum Gasteiger partial charge on any atom is -0.478 e. The summed E-state index contributed by atoms with van der Waals surface area (Å²) in [5.41, 5.74) is 4.71. The molecule has 0 saturated carbocycles. The molecule has 0 saturated heterocycles. The molecule has 8 nitrogen and oxygen atoms in total. The van der Waals surface area contributed by atoms with E-state index in [-0.39, 0.29) is 23.1 Å². The Bertz CT molecular complexity index is 1180. The summed E-state index contributed by atoms with van der Waals surface area (Å²) in [4.78, 5) is 36.6. The van der Waals surface area contributed by atoms with Crippen LogP contribution in [0, 0.1) is 6.92 Å². The first kappa shape index (κ1) is 22.5. The zero-order chi connectivity index (χ0) is 23.5. The Morgan fingerprint density at radius 1 is 1.09 bits per heavy atom.